The smallest absolute Gasteiger partial charge is 0.185 e. The first-order chi connectivity index (χ1) is 12.8. The van der Waals surface area contributed by atoms with E-state index >= 15 is 0 Å². The molecule has 0 radical (unpaired) electrons. The van der Waals surface area contributed by atoms with Gasteiger partial charge >= 0.3 is 0 Å². The molecule has 0 aromatic heterocycles. The van der Waals surface area contributed by atoms with Gasteiger partial charge in [-0.3, -0.25) is 9.59 Å². The molecule has 0 aliphatic carbocycles. The minimum atomic E-state index is -0.139. The van der Waals surface area contributed by atoms with Crippen molar-refractivity contribution in [2.75, 3.05) is 38.8 Å². The maximum Gasteiger partial charge on any atom is 0.185 e. The summed E-state index contributed by atoms with van der Waals surface area (Å²) in [5.41, 5.74) is 0. The van der Waals surface area contributed by atoms with Gasteiger partial charge in [-0.15, -0.1) is 12.6 Å². The van der Waals surface area contributed by atoms with Crippen molar-refractivity contribution >= 4 is 34.6 Å². The third-order valence-electron chi connectivity index (χ3n) is 3.52. The summed E-state index contributed by atoms with van der Waals surface area (Å²) in [5, 5.41) is 43.0. The highest BCUT2D eigenvalue weighted by atomic mass is 32.2. The summed E-state index contributed by atoms with van der Waals surface area (Å²) in [5.74, 6) is 1.42. The Balaban J connectivity index is -0.000000364. The van der Waals surface area contributed by atoms with Crippen LogP contribution in [0.5, 0.6) is 0 Å². The monoisotopic (exact) mass is 430 g/mol. The third kappa shape index (κ3) is 33.8. The van der Waals surface area contributed by atoms with Gasteiger partial charge in [-0.05, 0) is 50.4 Å². The zero-order valence-corrected chi connectivity index (χ0v) is 18.3. The molecule has 0 rings (SSSR count). The van der Waals surface area contributed by atoms with E-state index in [2.05, 4.69) is 12.6 Å². The molecule has 164 valence electrons. The number of hydrogen-bond donors (Lipinski definition) is 6. The van der Waals surface area contributed by atoms with E-state index in [0.717, 1.165) is 25.0 Å². The van der Waals surface area contributed by atoms with E-state index in [9.17, 15) is 9.59 Å². The third-order valence-corrected chi connectivity index (χ3v) is 4.36. The van der Waals surface area contributed by atoms with Gasteiger partial charge in [0, 0.05) is 52.6 Å². The number of thioether (sulfide) groups is 1. The topological polar surface area (TPSA) is 135 Å². The van der Waals surface area contributed by atoms with Crippen LogP contribution in [0, 0.1) is 11.8 Å². The lowest BCUT2D eigenvalue weighted by Gasteiger charge is -2.12. The first-order valence-electron chi connectivity index (χ1n) is 9.16. The Morgan fingerprint density at radius 1 is 0.704 bits per heavy atom. The van der Waals surface area contributed by atoms with Crippen molar-refractivity contribution in [3.8, 4) is 0 Å². The van der Waals surface area contributed by atoms with Crippen LogP contribution in [-0.4, -0.2) is 74.6 Å². The minimum absolute atomic E-state index is 0.131. The molecule has 0 aliphatic rings. The second kappa shape index (κ2) is 25.8. The Hall–Kier alpha value is -0.160. The number of hydrogen-bond acceptors (Lipinski definition) is 8. The van der Waals surface area contributed by atoms with Gasteiger partial charge in [0.1, 0.15) is 0 Å². The van der Waals surface area contributed by atoms with Gasteiger partial charge in [-0.1, -0.05) is 11.8 Å². The fourth-order valence-corrected chi connectivity index (χ4v) is 2.89. The molecule has 5 N–H and O–H groups in total. The average molecular weight is 431 g/mol. The van der Waals surface area contributed by atoms with Crippen LogP contribution in [0.15, 0.2) is 0 Å². The van der Waals surface area contributed by atoms with E-state index in [0.29, 0.717) is 25.2 Å². The largest absolute Gasteiger partial charge is 0.396 e. The predicted octanol–water partition coefficient (Wildman–Crippen LogP) is 1.25. The van der Waals surface area contributed by atoms with E-state index in [1.54, 1.807) is 6.92 Å². The highest BCUT2D eigenvalue weighted by Gasteiger charge is 2.08. The van der Waals surface area contributed by atoms with Gasteiger partial charge in [0.05, 0.1) is 0 Å². The van der Waals surface area contributed by atoms with Crippen LogP contribution in [0.2, 0.25) is 0 Å². The molecule has 9 heteroatoms. The molecule has 0 fully saturated rings. The molecule has 0 bridgehead atoms. The maximum atomic E-state index is 10.6. The average Bonchev–Trinajstić information content (AvgIpc) is 2.56. The van der Waals surface area contributed by atoms with Gasteiger partial charge in [0.15, 0.2) is 10.2 Å². The van der Waals surface area contributed by atoms with Crippen LogP contribution >= 0.6 is 24.4 Å². The highest BCUT2D eigenvalue weighted by Crippen LogP contribution is 2.16. The molecule has 27 heavy (non-hydrogen) atoms. The first-order valence-corrected chi connectivity index (χ1v) is 10.6. The van der Waals surface area contributed by atoms with Gasteiger partial charge in [-0.25, -0.2) is 0 Å². The quantitative estimate of drug-likeness (QED) is 0.240. The molecular weight excluding hydrogens is 392 g/mol. The van der Waals surface area contributed by atoms with Crippen LogP contribution in [0.25, 0.3) is 0 Å². The molecule has 0 aromatic rings. The molecule has 0 spiro atoms. The standard InChI is InChI=1S/C9H18O3S.C7H16O3.C2H4OS/c1-8(12)13-7-4-9(2-5-10)3-6-11;8-4-1-7(2-5-9)3-6-10;1-2(3)4/h9-11H,2-7H2,1H3;7-10H,1-6H2;1H3,(H,3,4). The fraction of sp³-hybridized carbons (Fsp3) is 0.889. The molecule has 0 aromatic carbocycles. The zero-order valence-electron chi connectivity index (χ0n) is 16.5. The van der Waals surface area contributed by atoms with E-state index < -0.39 is 0 Å². The molecule has 0 saturated carbocycles. The van der Waals surface area contributed by atoms with Crippen molar-refractivity contribution < 1.29 is 35.1 Å². The van der Waals surface area contributed by atoms with E-state index in [-0.39, 0.29) is 49.2 Å². The molecule has 0 atom stereocenters. The lowest BCUT2D eigenvalue weighted by Crippen LogP contribution is -2.07. The van der Waals surface area contributed by atoms with Gasteiger partial charge in [0.25, 0.3) is 0 Å². The van der Waals surface area contributed by atoms with Crippen molar-refractivity contribution in [1.82, 2.24) is 0 Å². The Labute approximate surface area is 173 Å². The van der Waals surface area contributed by atoms with Crippen LogP contribution in [0.3, 0.4) is 0 Å². The molecule has 0 heterocycles. The summed E-state index contributed by atoms with van der Waals surface area (Å²) in [6, 6.07) is 0. The molecule has 0 aliphatic heterocycles. The Morgan fingerprint density at radius 2 is 0.963 bits per heavy atom. The van der Waals surface area contributed by atoms with Gasteiger partial charge < -0.3 is 25.5 Å². The summed E-state index contributed by atoms with van der Waals surface area (Å²) in [7, 11) is 0. The minimum Gasteiger partial charge on any atom is -0.396 e. The SMILES string of the molecule is CC(=O)S.CC(=O)SCCC(CCO)CCO.OCCC(CCO)CCO. The van der Waals surface area contributed by atoms with E-state index in [4.69, 9.17) is 25.5 Å². The van der Waals surface area contributed by atoms with Gasteiger partial charge in [-0.2, -0.15) is 0 Å². The maximum absolute atomic E-state index is 10.6. The summed E-state index contributed by atoms with van der Waals surface area (Å²) >= 11 is 4.64. The van der Waals surface area contributed by atoms with Crippen molar-refractivity contribution in [2.45, 2.75) is 52.4 Å². The number of carbonyl (C=O) groups is 2. The summed E-state index contributed by atoms with van der Waals surface area (Å²) in [6.45, 7) is 3.70. The first kappa shape index (κ1) is 31.5. The van der Waals surface area contributed by atoms with Crippen LogP contribution < -0.4 is 0 Å². The molecule has 0 amide bonds. The molecule has 0 saturated heterocycles. The summed E-state index contributed by atoms with van der Waals surface area (Å²) in [4.78, 5) is 19.9. The van der Waals surface area contributed by atoms with Gasteiger partial charge in [0.2, 0.25) is 0 Å². The van der Waals surface area contributed by atoms with E-state index in [1.165, 1.54) is 18.7 Å². The zero-order chi connectivity index (χ0) is 21.5. The summed E-state index contributed by atoms with van der Waals surface area (Å²) < 4.78 is 0. The Bertz CT molecular complexity index is 307. The predicted molar refractivity (Wildman–Crippen MR) is 113 cm³/mol. The number of carbonyl (C=O) groups excluding carboxylic acids is 2. The van der Waals surface area contributed by atoms with Crippen LogP contribution in [0.1, 0.15) is 52.4 Å². The second-order valence-corrected chi connectivity index (χ2v) is 7.84. The Morgan fingerprint density at radius 3 is 1.19 bits per heavy atom. The van der Waals surface area contributed by atoms with Crippen molar-refractivity contribution in [3.63, 3.8) is 0 Å². The van der Waals surface area contributed by atoms with Crippen molar-refractivity contribution in [1.29, 1.82) is 0 Å². The number of aliphatic hydroxyl groups is 5. The van der Waals surface area contributed by atoms with Crippen molar-refractivity contribution in [3.05, 3.63) is 0 Å². The lowest BCUT2D eigenvalue weighted by molar-refractivity contribution is -0.109. The van der Waals surface area contributed by atoms with E-state index in [1.807, 2.05) is 0 Å². The normalized spacial score (nSPS) is 10.1. The summed E-state index contributed by atoms with van der Waals surface area (Å²) in [6.07, 6.45) is 4.38. The highest BCUT2D eigenvalue weighted by molar-refractivity contribution is 8.13. The fourth-order valence-electron chi connectivity index (χ4n) is 2.15. The molecule has 0 unspecified atom stereocenters. The Kier molecular flexibility index (Phi) is 30.2. The number of aliphatic hydroxyl groups excluding tert-OH is 5. The molecular formula is C18H38O7S2. The number of rotatable bonds is 13. The number of thiol groups is 1. The second-order valence-electron chi connectivity index (χ2n) is 5.94. The molecule has 7 nitrogen and oxygen atoms in total. The van der Waals surface area contributed by atoms with Crippen LogP contribution in [0.4, 0.5) is 0 Å². The van der Waals surface area contributed by atoms with Crippen LogP contribution in [-0.2, 0) is 9.59 Å². The van der Waals surface area contributed by atoms with Crippen molar-refractivity contribution in [2.24, 2.45) is 11.8 Å². The lowest BCUT2D eigenvalue weighted by atomic mass is 9.99.